The number of nitrogens with two attached hydrogens (primary N) is 2. The van der Waals surface area contributed by atoms with Gasteiger partial charge in [0.2, 0.25) is 0 Å². The molecule has 0 aliphatic rings. The molecule has 1 amide bonds. The molecule has 0 saturated carbocycles. The summed E-state index contributed by atoms with van der Waals surface area (Å²) in [7, 11) is 12.3. The molecule has 0 aliphatic heterocycles. The number of guanidine groups is 1. The number of hydrogen-bond acceptors (Lipinski definition) is 1. The third kappa shape index (κ3) is 6.30. The maximum Gasteiger partial charge on any atom is 0.258 e. The van der Waals surface area contributed by atoms with Gasteiger partial charge >= 0.3 is 0 Å². The first kappa shape index (κ1) is 32.2. The first-order chi connectivity index (χ1) is 13.7. The van der Waals surface area contributed by atoms with E-state index in [4.69, 9.17) is 27.2 Å². The third-order valence-corrected chi connectivity index (χ3v) is 6.52. The van der Waals surface area contributed by atoms with E-state index in [1.807, 2.05) is 13.8 Å². The molecule has 0 spiro atoms. The number of hydrogen-bond donors (Lipinski definition) is 2. The van der Waals surface area contributed by atoms with Gasteiger partial charge in [-0.15, -0.1) is 0 Å². The van der Waals surface area contributed by atoms with Crippen LogP contribution in [0.3, 0.4) is 0 Å². The van der Waals surface area contributed by atoms with Gasteiger partial charge in [-0.2, -0.15) is 4.99 Å². The van der Waals surface area contributed by atoms with Crippen molar-refractivity contribution in [3.63, 3.8) is 0 Å². The summed E-state index contributed by atoms with van der Waals surface area (Å²) in [6.07, 6.45) is 0.657. The van der Waals surface area contributed by atoms with Crippen LogP contribution in [0.1, 0.15) is 84.2 Å². The molecule has 1 aromatic rings. The number of benzene rings is 1. The highest BCUT2D eigenvalue weighted by atomic mass is 16.1. The molecule has 2 atom stereocenters. The number of aliphatic imine (C=N–C) groups is 1. The van der Waals surface area contributed by atoms with Gasteiger partial charge in [0, 0.05) is 5.41 Å². The first-order valence-electron chi connectivity index (χ1n) is 10.6. The van der Waals surface area contributed by atoms with Gasteiger partial charge in [-0.05, 0) is 81.3 Å². The minimum Gasteiger partial charge on any atom is -0.370 e. The second kappa shape index (κ2) is 12.9. The summed E-state index contributed by atoms with van der Waals surface area (Å²) in [5, 5.41) is 0. The van der Waals surface area contributed by atoms with Gasteiger partial charge in [0.25, 0.3) is 5.91 Å². The topological polar surface area (TPSA) is 81.5 Å². The number of carbonyl (C=O) groups is 1. The molecule has 4 nitrogen and oxygen atoms in total. The van der Waals surface area contributed by atoms with E-state index in [2.05, 4.69) is 39.6 Å². The number of carbonyl (C=O) groups excluding carboxylic acids is 1. The summed E-state index contributed by atoms with van der Waals surface area (Å²) < 4.78 is 9.22. The molecule has 1 rings (SSSR count). The lowest BCUT2D eigenvalue weighted by molar-refractivity contribution is -0.124. The molecule has 0 aromatic heterocycles. The molecule has 178 valence electrons. The van der Waals surface area contributed by atoms with Crippen LogP contribution in [0.4, 0.5) is 0 Å². The summed E-state index contributed by atoms with van der Waals surface area (Å²) in [5.41, 5.74) is 16.4. The minimum absolute atomic E-state index is 0. The molecule has 4 N–H and O–H groups in total. The molecule has 0 saturated heterocycles. The van der Waals surface area contributed by atoms with E-state index in [-0.39, 0.29) is 40.9 Å². The van der Waals surface area contributed by atoms with Crippen molar-refractivity contribution in [1.29, 1.82) is 0 Å². The fourth-order valence-corrected chi connectivity index (χ4v) is 4.07. The second-order valence-electron chi connectivity index (χ2n) is 8.37. The van der Waals surface area contributed by atoms with Gasteiger partial charge in [0.05, 0.1) is 22.5 Å². The maximum atomic E-state index is 12.9. The van der Waals surface area contributed by atoms with Crippen molar-refractivity contribution in [2.45, 2.75) is 102 Å². The molecule has 32 heavy (non-hydrogen) atoms. The van der Waals surface area contributed by atoms with Crippen LogP contribution in [-0.4, -0.2) is 27.6 Å². The quantitative estimate of drug-likeness (QED) is 0.247. The predicted octanol–water partition coefficient (Wildman–Crippen LogP) is 5.71. The van der Waals surface area contributed by atoms with Crippen LogP contribution < -0.4 is 11.5 Å². The van der Waals surface area contributed by atoms with Crippen molar-refractivity contribution in [2.24, 2.45) is 21.9 Å². The molecule has 2 unspecified atom stereocenters. The maximum absolute atomic E-state index is 12.9. The van der Waals surface area contributed by atoms with Crippen LogP contribution in [0.2, 0.25) is 12.6 Å². The second-order valence-corrected chi connectivity index (χ2v) is 8.37. The molecular formula is C26H47B2N3O. The van der Waals surface area contributed by atoms with E-state index in [0.29, 0.717) is 18.0 Å². The average Bonchev–Trinajstić information content (AvgIpc) is 2.70. The fourth-order valence-electron chi connectivity index (χ4n) is 4.07. The van der Waals surface area contributed by atoms with Crippen LogP contribution in [-0.2, 0) is 10.2 Å². The number of rotatable bonds is 7. The normalized spacial score (nSPS) is 15.3. The minimum atomic E-state index is -1.19. The average molecular weight is 440 g/mol. The van der Waals surface area contributed by atoms with Gasteiger partial charge < -0.3 is 11.5 Å². The van der Waals surface area contributed by atoms with Crippen molar-refractivity contribution >= 4 is 27.6 Å². The van der Waals surface area contributed by atoms with E-state index in [1.54, 1.807) is 6.92 Å². The van der Waals surface area contributed by atoms with E-state index in [0.717, 1.165) is 16.7 Å². The lowest BCUT2D eigenvalue weighted by atomic mass is 9.63. The Hall–Kier alpha value is -1.97. The molecule has 6 heteroatoms. The number of allylic oxidation sites excluding steroid dienone is 1. The third-order valence-electron chi connectivity index (χ3n) is 6.52. The molecule has 0 aliphatic carbocycles. The summed E-state index contributed by atoms with van der Waals surface area (Å²) >= 11 is 0. The van der Waals surface area contributed by atoms with Gasteiger partial charge in [-0.25, -0.2) is 0 Å². The Bertz CT molecular complexity index is 878. The largest absolute Gasteiger partial charge is 0.370 e. The Kier molecular flexibility index (Phi) is 13.0. The van der Waals surface area contributed by atoms with E-state index in [1.165, 1.54) is 16.7 Å². The summed E-state index contributed by atoms with van der Waals surface area (Å²) in [6.45, 7) is 16.0. The smallest absolute Gasteiger partial charge is 0.258 e. The highest BCUT2D eigenvalue weighted by Crippen LogP contribution is 2.43. The Balaban J connectivity index is -0.00000300. The summed E-state index contributed by atoms with van der Waals surface area (Å²) in [5.74, 6) is -0.865. The number of nitrogens with zero attached hydrogens (tertiary/aromatic N) is 1. The lowest BCUT2D eigenvalue weighted by Gasteiger charge is -2.36. The van der Waals surface area contributed by atoms with E-state index >= 15 is 0 Å². The Labute approximate surface area is 203 Å². The first-order valence-corrected chi connectivity index (χ1v) is 10.1. The van der Waals surface area contributed by atoms with Crippen LogP contribution in [0.15, 0.2) is 16.6 Å². The monoisotopic (exact) mass is 440 g/mol. The number of amides is 1. The highest BCUT2D eigenvalue weighted by molar-refractivity contribution is 6.12. The molecule has 4 radical (unpaired) electrons. The standard InChI is InChI=1S/C23H35B2N3O.3CH4/c1-9-18(23(8,12-25)20(29)28-21(26)27)10-22(7,11-24)19-16(5)14(3)13(2)15(4)17(19)6;;;/h10H,9,11-12H2,1-8H3,(H4,26,27,28,29);3*1H4/i10D;;;. The van der Waals surface area contributed by atoms with Crippen molar-refractivity contribution in [1.82, 2.24) is 0 Å². The Morgan fingerprint density at radius 1 is 0.938 bits per heavy atom. The summed E-state index contributed by atoms with van der Waals surface area (Å²) in [4.78, 5) is 16.6. The zero-order valence-electron chi connectivity index (χ0n) is 20.3. The van der Waals surface area contributed by atoms with Gasteiger partial charge in [-0.3, -0.25) is 4.79 Å². The molecule has 1 aromatic carbocycles. The van der Waals surface area contributed by atoms with Crippen molar-refractivity contribution in [2.75, 3.05) is 0 Å². The van der Waals surface area contributed by atoms with E-state index in [9.17, 15) is 6.17 Å². The Morgan fingerprint density at radius 2 is 1.34 bits per heavy atom. The van der Waals surface area contributed by atoms with Crippen molar-refractivity contribution in [3.05, 3.63) is 45.0 Å². The van der Waals surface area contributed by atoms with Crippen LogP contribution in [0.25, 0.3) is 0 Å². The van der Waals surface area contributed by atoms with Crippen LogP contribution in [0, 0.1) is 40.0 Å². The molecule has 0 bridgehead atoms. The fraction of sp³-hybridized carbons (Fsp3) is 0.615. The highest BCUT2D eigenvalue weighted by Gasteiger charge is 2.37. The predicted molar refractivity (Wildman–Crippen MR) is 146 cm³/mol. The Morgan fingerprint density at radius 3 is 1.66 bits per heavy atom. The van der Waals surface area contributed by atoms with E-state index < -0.39 is 16.7 Å². The lowest BCUT2D eigenvalue weighted by Crippen LogP contribution is -2.34. The molecule has 0 heterocycles. The van der Waals surface area contributed by atoms with Gasteiger partial charge in [-0.1, -0.05) is 60.4 Å². The molecule has 0 fully saturated rings. The summed E-state index contributed by atoms with van der Waals surface area (Å²) in [6, 6.07) is 0.299. The van der Waals surface area contributed by atoms with Crippen molar-refractivity contribution in [3.8, 4) is 0 Å². The van der Waals surface area contributed by atoms with Gasteiger partial charge in [0.1, 0.15) is 0 Å². The van der Waals surface area contributed by atoms with Crippen molar-refractivity contribution < 1.29 is 6.17 Å². The zero-order valence-corrected chi connectivity index (χ0v) is 19.3. The van der Waals surface area contributed by atoms with Crippen LogP contribution in [0.5, 0.6) is 0 Å². The van der Waals surface area contributed by atoms with Gasteiger partial charge in [0.15, 0.2) is 5.96 Å². The zero-order chi connectivity index (χ0) is 23.6. The SMILES string of the molecule is C.C.C.[2H]C(=C(CC)C(C)(C[B])C(=O)N=C(N)N)C(C)(C[B])c1c(C)c(C)c(C)c(C)c1C. The molecular weight excluding hydrogens is 392 g/mol. The van der Waals surface area contributed by atoms with Crippen LogP contribution >= 0.6 is 0 Å².